The number of hydrogen-bond donors (Lipinski definition) is 1. The second kappa shape index (κ2) is 6.86. The van der Waals surface area contributed by atoms with Gasteiger partial charge in [0.05, 0.1) is 28.1 Å². The lowest BCUT2D eigenvalue weighted by Crippen LogP contribution is -2.54. The Kier molecular flexibility index (Phi) is 4.29. The lowest BCUT2D eigenvalue weighted by atomic mass is 9.75. The predicted molar refractivity (Wildman–Crippen MR) is 124 cm³/mol. The van der Waals surface area contributed by atoms with Crippen LogP contribution in [0.2, 0.25) is 5.02 Å². The van der Waals surface area contributed by atoms with Gasteiger partial charge in [-0.15, -0.1) is 0 Å². The van der Waals surface area contributed by atoms with Crippen LogP contribution in [0.3, 0.4) is 0 Å². The molecule has 0 unspecified atom stereocenters. The smallest absolute Gasteiger partial charge is 0.269 e. The molecule has 4 atom stereocenters. The molecule has 1 N–H and O–H groups in total. The molecule has 0 radical (unpaired) electrons. The summed E-state index contributed by atoms with van der Waals surface area (Å²) in [4.78, 5) is 55.4. The number of non-ortho nitro benzene ring substituents is 1. The maximum absolute atomic E-state index is 14.0. The van der Waals surface area contributed by atoms with Crippen molar-refractivity contribution in [2.24, 2.45) is 11.8 Å². The van der Waals surface area contributed by atoms with E-state index in [9.17, 15) is 24.5 Å². The molecule has 4 aliphatic heterocycles. The van der Waals surface area contributed by atoms with E-state index in [1.165, 1.54) is 18.2 Å². The normalized spacial score (nSPS) is 29.6. The largest absolute Gasteiger partial charge is 0.324 e. The maximum atomic E-state index is 14.0. The van der Waals surface area contributed by atoms with Crippen molar-refractivity contribution in [3.63, 3.8) is 0 Å². The second-order valence-electron chi connectivity index (χ2n) is 9.46. The molecule has 3 saturated heterocycles. The summed E-state index contributed by atoms with van der Waals surface area (Å²) in [5.41, 5.74) is 1.38. The number of halogens is 1. The molecule has 9 nitrogen and oxygen atoms in total. The number of anilines is 2. The number of nitrogens with one attached hydrogen (secondary N) is 1. The van der Waals surface area contributed by atoms with Crippen molar-refractivity contribution in [3.8, 4) is 0 Å². The van der Waals surface area contributed by atoms with Gasteiger partial charge in [-0.1, -0.05) is 17.7 Å². The molecular formula is C24H21ClN4O5. The van der Waals surface area contributed by atoms with Crippen LogP contribution in [0.15, 0.2) is 30.3 Å². The minimum atomic E-state index is -1.29. The molecule has 6 rings (SSSR count). The summed E-state index contributed by atoms with van der Waals surface area (Å²) in [6.45, 7) is 4.07. The highest BCUT2D eigenvalue weighted by Crippen LogP contribution is 2.61. The molecule has 10 heteroatoms. The van der Waals surface area contributed by atoms with Crippen LogP contribution in [-0.4, -0.2) is 40.1 Å². The van der Waals surface area contributed by atoms with Gasteiger partial charge in [0.2, 0.25) is 17.7 Å². The van der Waals surface area contributed by atoms with Gasteiger partial charge in [-0.2, -0.15) is 0 Å². The summed E-state index contributed by atoms with van der Waals surface area (Å²) in [5, 5.41) is 14.7. The molecule has 0 bridgehead atoms. The van der Waals surface area contributed by atoms with E-state index in [1.54, 1.807) is 19.1 Å². The quantitative estimate of drug-likeness (QED) is 0.401. The average Bonchev–Trinajstić information content (AvgIpc) is 3.50. The summed E-state index contributed by atoms with van der Waals surface area (Å²) >= 11 is 6.32. The van der Waals surface area contributed by atoms with E-state index < -0.39 is 28.2 Å². The Labute approximate surface area is 199 Å². The zero-order valence-corrected chi connectivity index (χ0v) is 19.3. The number of benzene rings is 2. The highest BCUT2D eigenvalue weighted by atomic mass is 35.5. The summed E-state index contributed by atoms with van der Waals surface area (Å²) in [7, 11) is 0. The van der Waals surface area contributed by atoms with Crippen LogP contribution in [0.1, 0.15) is 29.5 Å². The van der Waals surface area contributed by atoms with Gasteiger partial charge in [0.1, 0.15) is 5.54 Å². The van der Waals surface area contributed by atoms with Gasteiger partial charge in [0.15, 0.2) is 0 Å². The van der Waals surface area contributed by atoms with Crippen LogP contribution < -0.4 is 10.2 Å². The second-order valence-corrected chi connectivity index (χ2v) is 9.87. The molecular weight excluding hydrogens is 460 g/mol. The number of carbonyl (C=O) groups is 3. The van der Waals surface area contributed by atoms with Crippen molar-refractivity contribution in [1.82, 2.24) is 4.90 Å². The number of fused-ring (bicyclic) bond motifs is 7. The SMILES string of the molecule is Cc1cc([N+](=O)[O-])ccc1N1C(=O)[C@@H]2[C@H]3CCCN3[C@@]3(C(=O)Nc4c3ccc(Cl)c4C)[C@@H]2C1=O. The third-order valence-electron chi connectivity index (χ3n) is 7.99. The monoisotopic (exact) mass is 480 g/mol. The number of rotatable bonds is 2. The van der Waals surface area contributed by atoms with Crippen LogP contribution in [0.25, 0.3) is 0 Å². The molecule has 2 aromatic carbocycles. The van der Waals surface area contributed by atoms with Gasteiger partial charge in [-0.3, -0.25) is 29.4 Å². The van der Waals surface area contributed by atoms with Crippen molar-refractivity contribution < 1.29 is 19.3 Å². The van der Waals surface area contributed by atoms with E-state index in [0.29, 0.717) is 40.5 Å². The fourth-order valence-electron chi connectivity index (χ4n) is 6.63. The van der Waals surface area contributed by atoms with E-state index in [4.69, 9.17) is 11.6 Å². The van der Waals surface area contributed by atoms with Crippen LogP contribution >= 0.6 is 11.6 Å². The highest BCUT2D eigenvalue weighted by molar-refractivity contribution is 6.32. The topological polar surface area (TPSA) is 113 Å². The first-order valence-corrected chi connectivity index (χ1v) is 11.6. The number of carbonyl (C=O) groups excluding carboxylic acids is 3. The Balaban J connectivity index is 1.54. The van der Waals surface area contributed by atoms with E-state index in [-0.39, 0.29) is 23.5 Å². The van der Waals surface area contributed by atoms with E-state index >= 15 is 0 Å². The number of nitro benzene ring substituents is 1. The number of amides is 3. The average molecular weight is 481 g/mol. The molecule has 0 saturated carbocycles. The molecule has 2 aromatic rings. The van der Waals surface area contributed by atoms with Crippen LogP contribution in [0, 0.1) is 35.8 Å². The Morgan fingerprint density at radius 2 is 1.91 bits per heavy atom. The molecule has 4 aliphatic rings. The number of aryl methyl sites for hydroxylation is 1. The molecule has 34 heavy (non-hydrogen) atoms. The van der Waals surface area contributed by atoms with Gasteiger partial charge in [0, 0.05) is 28.8 Å². The summed E-state index contributed by atoms with van der Waals surface area (Å²) < 4.78 is 0. The van der Waals surface area contributed by atoms with Gasteiger partial charge in [0.25, 0.3) is 5.69 Å². The van der Waals surface area contributed by atoms with Crippen molar-refractivity contribution in [1.29, 1.82) is 0 Å². The van der Waals surface area contributed by atoms with E-state index in [2.05, 4.69) is 5.32 Å². The fraction of sp³-hybridized carbons (Fsp3) is 0.375. The number of imide groups is 1. The highest BCUT2D eigenvalue weighted by Gasteiger charge is 2.74. The molecule has 3 fully saturated rings. The first-order valence-electron chi connectivity index (χ1n) is 11.2. The third-order valence-corrected chi connectivity index (χ3v) is 8.40. The zero-order chi connectivity index (χ0) is 24.1. The van der Waals surface area contributed by atoms with Gasteiger partial charge in [-0.25, -0.2) is 4.90 Å². The summed E-state index contributed by atoms with van der Waals surface area (Å²) in [5.74, 6) is -2.67. The van der Waals surface area contributed by atoms with E-state index in [1.807, 2.05) is 11.8 Å². The zero-order valence-electron chi connectivity index (χ0n) is 18.5. The first kappa shape index (κ1) is 21.2. The molecule has 0 aromatic heterocycles. The Hall–Kier alpha value is -3.30. The van der Waals surface area contributed by atoms with Crippen LogP contribution in [0.5, 0.6) is 0 Å². The van der Waals surface area contributed by atoms with Crippen LogP contribution in [0.4, 0.5) is 17.1 Å². The van der Waals surface area contributed by atoms with E-state index in [0.717, 1.165) is 16.9 Å². The minimum Gasteiger partial charge on any atom is -0.324 e. The fourth-order valence-corrected chi connectivity index (χ4v) is 6.79. The number of nitro groups is 1. The summed E-state index contributed by atoms with van der Waals surface area (Å²) in [6.07, 6.45) is 1.53. The molecule has 174 valence electrons. The number of hydrogen-bond acceptors (Lipinski definition) is 6. The Morgan fingerprint density at radius 1 is 1.15 bits per heavy atom. The van der Waals surface area contributed by atoms with Crippen molar-refractivity contribution >= 4 is 46.4 Å². The minimum absolute atomic E-state index is 0.115. The standard InChI is InChI=1S/C24H21ClN4O5/c1-11-10-13(29(33)34)5-8-16(11)28-21(30)18-17-4-3-9-27(17)24(19(18)22(28)31)14-6-7-15(25)12(2)20(14)26-23(24)32/h5-8,10,17-19H,3-4,9H2,1-2H3,(H,26,32)/t17-,18-,19+,24-/m1/s1. The lowest BCUT2D eigenvalue weighted by Gasteiger charge is -2.36. The third kappa shape index (κ3) is 2.35. The predicted octanol–water partition coefficient (Wildman–Crippen LogP) is 3.30. The first-order chi connectivity index (χ1) is 16.2. The molecule has 0 aliphatic carbocycles. The van der Waals surface area contributed by atoms with Crippen LogP contribution in [-0.2, 0) is 19.9 Å². The molecule has 1 spiro atoms. The van der Waals surface area contributed by atoms with Gasteiger partial charge < -0.3 is 5.32 Å². The Bertz CT molecular complexity index is 1340. The maximum Gasteiger partial charge on any atom is 0.269 e. The summed E-state index contributed by atoms with van der Waals surface area (Å²) in [6, 6.07) is 7.36. The van der Waals surface area contributed by atoms with Gasteiger partial charge in [-0.05, 0) is 56.5 Å². The van der Waals surface area contributed by atoms with Gasteiger partial charge >= 0.3 is 0 Å². The Morgan fingerprint density at radius 3 is 2.62 bits per heavy atom. The molecule has 4 heterocycles. The lowest BCUT2D eigenvalue weighted by molar-refractivity contribution is -0.384. The van der Waals surface area contributed by atoms with Crippen molar-refractivity contribution in [3.05, 3.63) is 62.2 Å². The van der Waals surface area contributed by atoms with Crippen molar-refractivity contribution in [2.75, 3.05) is 16.8 Å². The van der Waals surface area contributed by atoms with Crippen molar-refractivity contribution in [2.45, 2.75) is 38.3 Å². The number of nitrogens with zero attached hydrogens (tertiary/aromatic N) is 3. The molecule has 3 amide bonds.